The molecule has 3 N–H and O–H groups in total. The number of aliphatic hydroxyl groups excluding tert-OH is 1. The number of rotatable bonds is 4. The number of hydrogen-bond acceptors (Lipinski definition) is 5. The Hall–Kier alpha value is -2.03. The second kappa shape index (κ2) is 6.53. The predicted molar refractivity (Wildman–Crippen MR) is 59.7 cm³/mol. The Bertz CT molecular complexity index is 430. The molecule has 0 radical (unpaired) electrons. The highest BCUT2D eigenvalue weighted by molar-refractivity contribution is 5.77. The molecule has 0 amide bonds. The van der Waals surface area contributed by atoms with Gasteiger partial charge in [0.2, 0.25) is 6.10 Å². The number of aliphatic hydroxyl groups is 1. The van der Waals surface area contributed by atoms with Gasteiger partial charge in [-0.1, -0.05) is 29.8 Å². The fraction of sp³-hybridized carbons (Fsp3) is 0.250. The lowest BCUT2D eigenvalue weighted by molar-refractivity contribution is -0.154. The van der Waals surface area contributed by atoms with Crippen LogP contribution in [0.5, 0.6) is 0 Å². The van der Waals surface area contributed by atoms with E-state index in [1.807, 2.05) is 31.2 Å². The molecule has 17 heavy (non-hydrogen) atoms. The molecule has 0 fully saturated rings. The van der Waals surface area contributed by atoms with Crippen LogP contribution in [0.15, 0.2) is 24.3 Å². The van der Waals surface area contributed by atoms with Crippen LogP contribution in [0.1, 0.15) is 11.1 Å². The Balaban J connectivity index is 2.59. The lowest BCUT2D eigenvalue weighted by Gasteiger charge is -2.09. The minimum absolute atomic E-state index is 0.175. The van der Waals surface area contributed by atoms with Gasteiger partial charge in [-0.15, -0.1) is 0 Å². The van der Waals surface area contributed by atoms with E-state index in [1.165, 1.54) is 0 Å². The van der Waals surface area contributed by atoms with Gasteiger partial charge in [-0.3, -0.25) is 0 Å². The SMILES string of the molecule is Cc1ccc(COC(C#CO)C(=O)ON)cc1. The van der Waals surface area contributed by atoms with E-state index in [2.05, 4.69) is 10.8 Å². The van der Waals surface area contributed by atoms with Gasteiger partial charge in [0.1, 0.15) is 6.11 Å². The smallest absolute Gasteiger partial charge is 0.366 e. The molecule has 1 rings (SSSR count). The summed E-state index contributed by atoms with van der Waals surface area (Å²) >= 11 is 0. The van der Waals surface area contributed by atoms with Crippen molar-refractivity contribution in [2.24, 2.45) is 5.90 Å². The summed E-state index contributed by atoms with van der Waals surface area (Å²) in [6.45, 7) is 2.14. The fourth-order valence-corrected chi connectivity index (χ4v) is 1.15. The number of benzene rings is 1. The van der Waals surface area contributed by atoms with Gasteiger partial charge in [-0.25, -0.2) is 4.79 Å². The largest absolute Gasteiger partial charge is 0.462 e. The number of nitrogens with two attached hydrogens (primary N) is 1. The molecular weight excluding hydrogens is 222 g/mol. The second-order valence-electron chi connectivity index (χ2n) is 3.37. The summed E-state index contributed by atoms with van der Waals surface area (Å²) in [5.74, 6) is 6.01. The Morgan fingerprint density at radius 2 is 2.12 bits per heavy atom. The summed E-state index contributed by atoms with van der Waals surface area (Å²) in [7, 11) is 0. The van der Waals surface area contributed by atoms with Gasteiger partial charge >= 0.3 is 5.97 Å². The zero-order valence-electron chi connectivity index (χ0n) is 9.34. The number of hydrogen-bond donors (Lipinski definition) is 2. The summed E-state index contributed by atoms with van der Waals surface area (Å²) in [5, 5.41) is 8.42. The van der Waals surface area contributed by atoms with Crippen LogP contribution < -0.4 is 5.90 Å². The third kappa shape index (κ3) is 4.15. The van der Waals surface area contributed by atoms with Crippen molar-refractivity contribution in [3.8, 4) is 12.0 Å². The van der Waals surface area contributed by atoms with E-state index in [-0.39, 0.29) is 6.61 Å². The van der Waals surface area contributed by atoms with E-state index in [4.69, 9.17) is 15.7 Å². The van der Waals surface area contributed by atoms with E-state index in [0.29, 0.717) is 0 Å². The molecule has 1 aromatic carbocycles. The van der Waals surface area contributed by atoms with E-state index in [9.17, 15) is 4.79 Å². The van der Waals surface area contributed by atoms with Crippen LogP contribution in [-0.2, 0) is 21.0 Å². The van der Waals surface area contributed by atoms with Crippen LogP contribution in [0, 0.1) is 19.0 Å². The van der Waals surface area contributed by atoms with Gasteiger partial charge in [0.25, 0.3) is 0 Å². The first-order valence-electron chi connectivity index (χ1n) is 4.89. The Morgan fingerprint density at radius 3 is 2.65 bits per heavy atom. The first kappa shape index (κ1) is 13.0. The number of carbonyl (C=O) groups excluding carboxylic acids is 1. The van der Waals surface area contributed by atoms with Crippen LogP contribution in [0.3, 0.4) is 0 Å². The minimum atomic E-state index is -1.19. The van der Waals surface area contributed by atoms with Gasteiger partial charge in [-0.2, -0.15) is 5.90 Å². The highest BCUT2D eigenvalue weighted by atomic mass is 16.7. The summed E-state index contributed by atoms with van der Waals surface area (Å²) in [4.78, 5) is 15.1. The monoisotopic (exact) mass is 235 g/mol. The summed E-state index contributed by atoms with van der Waals surface area (Å²) in [6, 6.07) is 7.58. The van der Waals surface area contributed by atoms with Crippen molar-refractivity contribution in [2.75, 3.05) is 0 Å². The molecule has 5 heteroatoms. The summed E-state index contributed by atoms with van der Waals surface area (Å²) in [5.41, 5.74) is 2.01. The molecule has 0 bridgehead atoms. The maximum atomic E-state index is 11.1. The van der Waals surface area contributed by atoms with Crippen LogP contribution in [0.2, 0.25) is 0 Å². The van der Waals surface area contributed by atoms with Gasteiger partial charge in [-0.05, 0) is 18.4 Å². The first-order chi connectivity index (χ1) is 8.17. The number of ether oxygens (including phenoxy) is 1. The van der Waals surface area contributed by atoms with Crippen molar-refractivity contribution in [3.05, 3.63) is 35.4 Å². The zero-order valence-corrected chi connectivity index (χ0v) is 9.34. The van der Waals surface area contributed by atoms with Gasteiger partial charge in [0.05, 0.1) is 6.61 Å². The van der Waals surface area contributed by atoms with Crippen LogP contribution in [0.25, 0.3) is 0 Å². The molecule has 90 valence electrons. The van der Waals surface area contributed by atoms with Crippen molar-refractivity contribution in [2.45, 2.75) is 19.6 Å². The van der Waals surface area contributed by atoms with Gasteiger partial charge in [0, 0.05) is 0 Å². The predicted octanol–water partition coefficient (Wildman–Crippen LogP) is 0.631. The maximum absolute atomic E-state index is 11.1. The molecule has 1 unspecified atom stereocenters. The van der Waals surface area contributed by atoms with E-state index in [0.717, 1.165) is 11.1 Å². The normalized spacial score (nSPS) is 11.2. The third-order valence-corrected chi connectivity index (χ3v) is 2.06. The molecule has 0 aromatic heterocycles. The topological polar surface area (TPSA) is 81.8 Å². The Morgan fingerprint density at radius 1 is 1.47 bits per heavy atom. The summed E-state index contributed by atoms with van der Waals surface area (Å²) in [6.07, 6.45) is 0.408. The van der Waals surface area contributed by atoms with E-state index >= 15 is 0 Å². The molecular formula is C12H13NO4. The van der Waals surface area contributed by atoms with E-state index in [1.54, 1.807) is 6.11 Å². The lowest BCUT2D eigenvalue weighted by Crippen LogP contribution is -2.27. The fourth-order valence-electron chi connectivity index (χ4n) is 1.15. The maximum Gasteiger partial charge on any atom is 0.366 e. The standard InChI is InChI=1S/C12H13NO4/c1-9-2-4-10(5-3-9)8-16-11(6-7-14)12(15)17-13/h2-5,11,14H,8,13H2,1H3. The molecule has 1 aromatic rings. The van der Waals surface area contributed by atoms with E-state index < -0.39 is 12.1 Å². The van der Waals surface area contributed by atoms with Crippen molar-refractivity contribution in [1.29, 1.82) is 0 Å². The third-order valence-electron chi connectivity index (χ3n) is 2.06. The van der Waals surface area contributed by atoms with Gasteiger partial charge in [0.15, 0.2) is 0 Å². The highest BCUT2D eigenvalue weighted by Crippen LogP contribution is 2.06. The minimum Gasteiger partial charge on any atom is -0.462 e. The van der Waals surface area contributed by atoms with Crippen LogP contribution >= 0.6 is 0 Å². The average molecular weight is 235 g/mol. The highest BCUT2D eigenvalue weighted by Gasteiger charge is 2.18. The van der Waals surface area contributed by atoms with Crippen LogP contribution in [-0.4, -0.2) is 17.2 Å². The molecule has 0 saturated heterocycles. The quantitative estimate of drug-likeness (QED) is 0.591. The number of aryl methyl sites for hydroxylation is 1. The van der Waals surface area contributed by atoms with Gasteiger partial charge < -0.3 is 14.7 Å². The molecule has 1 atom stereocenters. The Kier molecular flexibility index (Phi) is 5.01. The second-order valence-corrected chi connectivity index (χ2v) is 3.37. The molecule has 0 saturated carbocycles. The van der Waals surface area contributed by atoms with Crippen molar-refractivity contribution in [1.82, 2.24) is 0 Å². The average Bonchev–Trinajstić information content (AvgIpc) is 2.35. The van der Waals surface area contributed by atoms with Crippen LogP contribution in [0.4, 0.5) is 0 Å². The molecule has 0 aliphatic heterocycles. The molecule has 0 heterocycles. The van der Waals surface area contributed by atoms with Crippen molar-refractivity contribution < 1.29 is 19.5 Å². The number of carbonyl (C=O) groups is 1. The molecule has 0 aliphatic rings. The Labute approximate surface area is 99.1 Å². The summed E-state index contributed by atoms with van der Waals surface area (Å²) < 4.78 is 5.17. The van der Waals surface area contributed by atoms with Crippen molar-refractivity contribution in [3.63, 3.8) is 0 Å². The first-order valence-corrected chi connectivity index (χ1v) is 4.89. The lowest BCUT2D eigenvalue weighted by atomic mass is 10.2. The molecule has 0 spiro atoms. The molecule has 5 nitrogen and oxygen atoms in total. The van der Waals surface area contributed by atoms with Crippen molar-refractivity contribution >= 4 is 5.97 Å². The molecule has 0 aliphatic carbocycles. The zero-order chi connectivity index (χ0) is 12.7.